The van der Waals surface area contributed by atoms with Crippen molar-refractivity contribution in [1.29, 1.82) is 0 Å². The second-order valence-corrected chi connectivity index (χ2v) is 5.77. The molecule has 0 unspecified atom stereocenters. The molecular weight excluding hydrogens is 429 g/mol. The van der Waals surface area contributed by atoms with Gasteiger partial charge in [-0.2, -0.15) is 0 Å². The third-order valence-corrected chi connectivity index (χ3v) is 3.66. The Hall–Kier alpha value is -1.62. The van der Waals surface area contributed by atoms with E-state index in [1.54, 1.807) is 30.5 Å². The van der Waals surface area contributed by atoms with E-state index < -0.39 is 0 Å². The predicted molar refractivity (Wildman–Crippen MR) is 102 cm³/mol. The lowest BCUT2D eigenvalue weighted by molar-refractivity contribution is 0.0926. The van der Waals surface area contributed by atoms with E-state index in [0.717, 1.165) is 5.01 Å². The maximum absolute atomic E-state index is 11.6. The molecule has 0 saturated heterocycles. The lowest BCUT2D eigenvalue weighted by Gasteiger charge is -2.11. The van der Waals surface area contributed by atoms with Gasteiger partial charge in [-0.3, -0.25) is 9.79 Å². The van der Waals surface area contributed by atoms with Crippen LogP contribution in [0, 0.1) is 6.92 Å². The molecule has 9 heteroatoms. The smallest absolute Gasteiger partial charge is 0.287 e. The highest BCUT2D eigenvalue weighted by atomic mass is 127. The topological polar surface area (TPSA) is 91.5 Å². The predicted octanol–water partition coefficient (Wildman–Crippen LogP) is 1.76. The van der Waals surface area contributed by atoms with Crippen LogP contribution in [-0.2, 0) is 6.54 Å². The normalized spacial score (nSPS) is 10.8. The molecule has 0 saturated carbocycles. The average Bonchev–Trinajstić information content (AvgIpc) is 3.18. The van der Waals surface area contributed by atoms with Crippen molar-refractivity contribution in [3.8, 4) is 0 Å². The van der Waals surface area contributed by atoms with Gasteiger partial charge < -0.3 is 20.4 Å². The van der Waals surface area contributed by atoms with Crippen LogP contribution in [0.2, 0.25) is 0 Å². The van der Waals surface area contributed by atoms with Crippen LogP contribution < -0.4 is 16.0 Å². The number of carbonyl (C=O) groups excluding carboxylic acids is 1. The van der Waals surface area contributed by atoms with Crippen LogP contribution >= 0.6 is 35.3 Å². The number of nitrogens with one attached hydrogen (secondary N) is 3. The summed E-state index contributed by atoms with van der Waals surface area (Å²) in [4.78, 5) is 21.2. The standard InChI is InChI=1S/C14H19N5O2S.HI/c1-10-8-18-12(22-10)9-19-14(15-2)17-6-5-16-13(20)11-4-3-7-21-11;/h3-4,7-8H,5-6,9H2,1-2H3,(H,16,20)(H2,15,17,19);1H. The van der Waals surface area contributed by atoms with E-state index in [1.165, 1.54) is 11.1 Å². The zero-order chi connectivity index (χ0) is 15.8. The van der Waals surface area contributed by atoms with Crippen molar-refractivity contribution in [2.45, 2.75) is 13.5 Å². The number of hydrogen-bond acceptors (Lipinski definition) is 5. The lowest BCUT2D eigenvalue weighted by Crippen LogP contribution is -2.41. The number of amides is 1. The molecule has 23 heavy (non-hydrogen) atoms. The van der Waals surface area contributed by atoms with Gasteiger partial charge in [-0.05, 0) is 19.1 Å². The Morgan fingerprint density at radius 1 is 1.35 bits per heavy atom. The van der Waals surface area contributed by atoms with Gasteiger partial charge in [-0.15, -0.1) is 35.3 Å². The van der Waals surface area contributed by atoms with Crippen LogP contribution in [0.5, 0.6) is 0 Å². The summed E-state index contributed by atoms with van der Waals surface area (Å²) in [7, 11) is 1.70. The molecular formula is C14H20IN5O2S. The van der Waals surface area contributed by atoms with Gasteiger partial charge in [-0.25, -0.2) is 4.98 Å². The number of halogens is 1. The molecule has 0 aromatic carbocycles. The Kier molecular flexibility index (Phi) is 8.62. The van der Waals surface area contributed by atoms with Gasteiger partial charge >= 0.3 is 0 Å². The number of furan rings is 1. The molecule has 2 aromatic rings. The summed E-state index contributed by atoms with van der Waals surface area (Å²) in [5, 5.41) is 10.0. The first-order valence-electron chi connectivity index (χ1n) is 6.86. The number of aromatic nitrogens is 1. The Morgan fingerprint density at radius 2 is 2.13 bits per heavy atom. The molecule has 126 valence electrons. The molecule has 0 aliphatic carbocycles. The molecule has 0 radical (unpaired) electrons. The molecule has 1 amide bonds. The SMILES string of the molecule is CN=C(NCCNC(=O)c1ccco1)NCc1ncc(C)s1.I. The minimum Gasteiger partial charge on any atom is -0.459 e. The molecule has 2 aromatic heterocycles. The highest BCUT2D eigenvalue weighted by Gasteiger charge is 2.07. The Balaban J connectivity index is 0.00000264. The van der Waals surface area contributed by atoms with Gasteiger partial charge in [0.25, 0.3) is 5.91 Å². The average molecular weight is 449 g/mol. The molecule has 2 heterocycles. The molecule has 2 rings (SSSR count). The zero-order valence-electron chi connectivity index (χ0n) is 13.0. The van der Waals surface area contributed by atoms with E-state index in [1.807, 2.05) is 13.1 Å². The highest BCUT2D eigenvalue weighted by molar-refractivity contribution is 14.0. The van der Waals surface area contributed by atoms with Crippen LogP contribution in [-0.4, -0.2) is 37.0 Å². The van der Waals surface area contributed by atoms with Crippen LogP contribution in [0.15, 0.2) is 34.0 Å². The maximum Gasteiger partial charge on any atom is 0.287 e. The van der Waals surface area contributed by atoms with E-state index in [4.69, 9.17) is 4.42 Å². The summed E-state index contributed by atoms with van der Waals surface area (Å²) in [6.45, 7) is 3.67. The fraction of sp³-hybridized carbons (Fsp3) is 0.357. The zero-order valence-corrected chi connectivity index (χ0v) is 16.1. The summed E-state index contributed by atoms with van der Waals surface area (Å²) >= 11 is 1.65. The molecule has 0 spiro atoms. The van der Waals surface area contributed by atoms with Gasteiger partial charge in [0, 0.05) is 31.2 Å². The first-order chi connectivity index (χ1) is 10.7. The molecule has 0 aliphatic heterocycles. The number of guanidine groups is 1. The minimum absolute atomic E-state index is 0. The molecule has 0 fully saturated rings. The van der Waals surface area contributed by atoms with Crippen molar-refractivity contribution in [3.05, 3.63) is 40.2 Å². The molecule has 7 nitrogen and oxygen atoms in total. The Morgan fingerprint density at radius 3 is 2.74 bits per heavy atom. The van der Waals surface area contributed by atoms with Crippen LogP contribution in [0.4, 0.5) is 0 Å². The van der Waals surface area contributed by atoms with Gasteiger partial charge in [0.2, 0.25) is 0 Å². The van der Waals surface area contributed by atoms with E-state index in [9.17, 15) is 4.79 Å². The second-order valence-electron chi connectivity index (χ2n) is 4.45. The number of thiazole rings is 1. The third-order valence-electron chi connectivity index (χ3n) is 2.75. The van der Waals surface area contributed by atoms with Crippen molar-refractivity contribution < 1.29 is 9.21 Å². The summed E-state index contributed by atoms with van der Waals surface area (Å²) in [5.74, 6) is 0.745. The van der Waals surface area contributed by atoms with Crippen LogP contribution in [0.3, 0.4) is 0 Å². The number of rotatable bonds is 6. The van der Waals surface area contributed by atoms with Crippen molar-refractivity contribution in [3.63, 3.8) is 0 Å². The Labute approximate surface area is 156 Å². The van der Waals surface area contributed by atoms with E-state index in [2.05, 4.69) is 25.9 Å². The first-order valence-corrected chi connectivity index (χ1v) is 7.68. The largest absolute Gasteiger partial charge is 0.459 e. The molecule has 3 N–H and O–H groups in total. The molecule has 0 bridgehead atoms. The van der Waals surface area contributed by atoms with Gasteiger partial charge in [-0.1, -0.05) is 0 Å². The van der Waals surface area contributed by atoms with E-state index in [-0.39, 0.29) is 29.9 Å². The number of nitrogens with zero attached hydrogens (tertiary/aromatic N) is 2. The van der Waals surface area contributed by atoms with Gasteiger partial charge in [0.1, 0.15) is 5.01 Å². The maximum atomic E-state index is 11.6. The summed E-state index contributed by atoms with van der Waals surface area (Å²) in [6.07, 6.45) is 3.32. The summed E-state index contributed by atoms with van der Waals surface area (Å²) < 4.78 is 5.01. The highest BCUT2D eigenvalue weighted by Crippen LogP contribution is 2.10. The first kappa shape index (κ1) is 19.4. The molecule has 0 atom stereocenters. The lowest BCUT2D eigenvalue weighted by atomic mass is 10.4. The Bertz CT molecular complexity index is 627. The quantitative estimate of drug-likeness (QED) is 0.271. The fourth-order valence-corrected chi connectivity index (χ4v) is 2.44. The van der Waals surface area contributed by atoms with E-state index in [0.29, 0.717) is 31.4 Å². The van der Waals surface area contributed by atoms with Crippen LogP contribution in [0.25, 0.3) is 0 Å². The molecule has 0 aliphatic rings. The number of carbonyl (C=O) groups is 1. The summed E-state index contributed by atoms with van der Waals surface area (Å²) in [6, 6.07) is 3.30. The third kappa shape index (κ3) is 6.57. The number of aryl methyl sites for hydroxylation is 1. The van der Waals surface area contributed by atoms with Gasteiger partial charge in [0.15, 0.2) is 11.7 Å². The number of aliphatic imine (C=N–C) groups is 1. The summed E-state index contributed by atoms with van der Waals surface area (Å²) in [5.41, 5.74) is 0. The van der Waals surface area contributed by atoms with Crippen molar-refractivity contribution in [1.82, 2.24) is 20.9 Å². The second kappa shape index (κ2) is 10.2. The monoisotopic (exact) mass is 449 g/mol. The van der Waals surface area contributed by atoms with Gasteiger partial charge in [0.05, 0.1) is 12.8 Å². The van der Waals surface area contributed by atoms with Crippen molar-refractivity contribution in [2.75, 3.05) is 20.1 Å². The van der Waals surface area contributed by atoms with Crippen LogP contribution in [0.1, 0.15) is 20.4 Å². The van der Waals surface area contributed by atoms with E-state index >= 15 is 0 Å². The minimum atomic E-state index is -0.229. The van der Waals surface area contributed by atoms with Crippen molar-refractivity contribution in [2.24, 2.45) is 4.99 Å². The number of hydrogen-bond donors (Lipinski definition) is 3. The fourth-order valence-electron chi connectivity index (χ4n) is 1.71. The van der Waals surface area contributed by atoms with Crippen molar-refractivity contribution >= 4 is 47.2 Å².